The van der Waals surface area contributed by atoms with Crippen molar-refractivity contribution in [2.75, 3.05) is 13.2 Å². The molecule has 1 amide bonds. The van der Waals surface area contributed by atoms with E-state index in [-0.39, 0.29) is 17.9 Å². The molecule has 1 saturated heterocycles. The van der Waals surface area contributed by atoms with Crippen LogP contribution < -0.4 is 0 Å². The predicted molar refractivity (Wildman–Crippen MR) is 67.2 cm³/mol. The van der Waals surface area contributed by atoms with E-state index in [2.05, 4.69) is 0 Å². The van der Waals surface area contributed by atoms with Gasteiger partial charge in [0.05, 0.1) is 12.6 Å². The summed E-state index contributed by atoms with van der Waals surface area (Å²) in [5.74, 6) is 0.199. The highest BCUT2D eigenvalue weighted by atomic mass is 16.6. The standard InChI is InChI=1S/C14H17NO3/c1-2-18-14(17)15-9-8-12(16)10-13(15)11-6-4-3-5-7-11/h3-7,13H,2,8-10H2,1H3. The molecule has 0 bridgehead atoms. The molecule has 1 unspecified atom stereocenters. The molecule has 1 atom stereocenters. The van der Waals surface area contributed by atoms with Gasteiger partial charge in [-0.25, -0.2) is 4.79 Å². The lowest BCUT2D eigenvalue weighted by molar-refractivity contribution is -0.122. The Labute approximate surface area is 107 Å². The smallest absolute Gasteiger partial charge is 0.410 e. The number of hydrogen-bond acceptors (Lipinski definition) is 3. The molecule has 0 saturated carbocycles. The largest absolute Gasteiger partial charge is 0.450 e. The van der Waals surface area contributed by atoms with Crippen LogP contribution in [0.1, 0.15) is 31.4 Å². The minimum Gasteiger partial charge on any atom is -0.450 e. The zero-order valence-electron chi connectivity index (χ0n) is 10.5. The number of ketones is 1. The Kier molecular flexibility index (Phi) is 3.97. The molecule has 0 spiro atoms. The van der Waals surface area contributed by atoms with Crippen LogP contribution in [0.4, 0.5) is 4.79 Å². The van der Waals surface area contributed by atoms with Gasteiger partial charge in [0.25, 0.3) is 0 Å². The lowest BCUT2D eigenvalue weighted by Crippen LogP contribution is -2.41. The molecule has 18 heavy (non-hydrogen) atoms. The molecule has 1 aliphatic rings. The van der Waals surface area contributed by atoms with Crippen LogP contribution in [-0.2, 0) is 9.53 Å². The van der Waals surface area contributed by atoms with Crippen molar-refractivity contribution in [1.82, 2.24) is 4.90 Å². The van der Waals surface area contributed by atoms with Gasteiger partial charge in [-0.3, -0.25) is 4.79 Å². The summed E-state index contributed by atoms with van der Waals surface area (Å²) in [5.41, 5.74) is 0.985. The Bertz CT molecular complexity index is 430. The van der Waals surface area contributed by atoms with Crippen LogP contribution in [0.15, 0.2) is 30.3 Å². The van der Waals surface area contributed by atoms with Gasteiger partial charge < -0.3 is 9.64 Å². The van der Waals surface area contributed by atoms with E-state index in [0.717, 1.165) is 5.56 Å². The second kappa shape index (κ2) is 5.67. The van der Waals surface area contributed by atoms with Gasteiger partial charge in [-0.15, -0.1) is 0 Å². The van der Waals surface area contributed by atoms with E-state index in [9.17, 15) is 9.59 Å². The number of hydrogen-bond donors (Lipinski definition) is 0. The van der Waals surface area contributed by atoms with Crippen LogP contribution in [0.5, 0.6) is 0 Å². The number of amides is 1. The quantitative estimate of drug-likeness (QED) is 0.806. The third kappa shape index (κ3) is 2.70. The highest BCUT2D eigenvalue weighted by Crippen LogP contribution is 2.29. The lowest BCUT2D eigenvalue weighted by Gasteiger charge is -2.34. The summed E-state index contributed by atoms with van der Waals surface area (Å²) in [6.45, 7) is 2.58. The summed E-state index contributed by atoms with van der Waals surface area (Å²) < 4.78 is 5.04. The second-order valence-electron chi connectivity index (χ2n) is 4.31. The molecule has 1 aromatic rings. The van der Waals surface area contributed by atoms with Gasteiger partial charge >= 0.3 is 6.09 Å². The van der Waals surface area contributed by atoms with Gasteiger partial charge in [0.1, 0.15) is 5.78 Å². The summed E-state index contributed by atoms with van der Waals surface area (Å²) in [7, 11) is 0. The molecule has 96 valence electrons. The summed E-state index contributed by atoms with van der Waals surface area (Å²) in [5, 5.41) is 0. The SMILES string of the molecule is CCOC(=O)N1CCC(=O)CC1c1ccccc1. The van der Waals surface area contributed by atoms with Crippen LogP contribution in [0.25, 0.3) is 0 Å². The van der Waals surface area contributed by atoms with E-state index in [4.69, 9.17) is 4.74 Å². The molecule has 1 heterocycles. The minimum atomic E-state index is -0.334. The van der Waals surface area contributed by atoms with E-state index in [0.29, 0.717) is 26.0 Å². The number of piperidine rings is 1. The van der Waals surface area contributed by atoms with Crippen molar-refractivity contribution in [2.45, 2.75) is 25.8 Å². The first-order valence-corrected chi connectivity index (χ1v) is 6.22. The fraction of sp³-hybridized carbons (Fsp3) is 0.429. The molecule has 1 aliphatic heterocycles. The van der Waals surface area contributed by atoms with E-state index >= 15 is 0 Å². The van der Waals surface area contributed by atoms with Crippen molar-refractivity contribution in [3.8, 4) is 0 Å². The van der Waals surface area contributed by atoms with E-state index in [1.807, 2.05) is 30.3 Å². The Balaban J connectivity index is 2.21. The lowest BCUT2D eigenvalue weighted by atomic mass is 9.95. The maximum atomic E-state index is 11.9. The van der Waals surface area contributed by atoms with Crippen molar-refractivity contribution in [3.05, 3.63) is 35.9 Å². The number of rotatable bonds is 2. The highest BCUT2D eigenvalue weighted by molar-refractivity contribution is 5.82. The summed E-state index contributed by atoms with van der Waals surface area (Å²) in [4.78, 5) is 25.1. The molecular formula is C14H17NO3. The first-order chi connectivity index (χ1) is 8.72. The maximum Gasteiger partial charge on any atom is 0.410 e. The van der Waals surface area contributed by atoms with Crippen molar-refractivity contribution in [2.24, 2.45) is 0 Å². The Morgan fingerprint density at radius 1 is 1.39 bits per heavy atom. The first-order valence-electron chi connectivity index (χ1n) is 6.22. The van der Waals surface area contributed by atoms with Crippen molar-refractivity contribution in [1.29, 1.82) is 0 Å². The molecule has 0 radical (unpaired) electrons. The number of ether oxygens (including phenoxy) is 1. The van der Waals surface area contributed by atoms with Gasteiger partial charge in [0, 0.05) is 19.4 Å². The van der Waals surface area contributed by atoms with Crippen LogP contribution in [0.2, 0.25) is 0 Å². The monoisotopic (exact) mass is 247 g/mol. The average molecular weight is 247 g/mol. The Morgan fingerprint density at radius 3 is 2.78 bits per heavy atom. The third-order valence-electron chi connectivity index (χ3n) is 3.12. The maximum absolute atomic E-state index is 11.9. The van der Waals surface area contributed by atoms with E-state index in [1.165, 1.54) is 0 Å². The zero-order valence-corrected chi connectivity index (χ0v) is 10.5. The van der Waals surface area contributed by atoms with Crippen LogP contribution >= 0.6 is 0 Å². The molecule has 0 N–H and O–H groups in total. The normalized spacial score (nSPS) is 19.7. The molecule has 0 aliphatic carbocycles. The van der Waals surface area contributed by atoms with Crippen LogP contribution in [0, 0.1) is 0 Å². The minimum absolute atomic E-state index is 0.188. The fourth-order valence-corrected chi connectivity index (χ4v) is 2.23. The van der Waals surface area contributed by atoms with Gasteiger partial charge in [-0.1, -0.05) is 30.3 Å². The third-order valence-corrected chi connectivity index (χ3v) is 3.12. The number of carbonyl (C=O) groups excluding carboxylic acids is 2. The van der Waals surface area contributed by atoms with E-state index < -0.39 is 0 Å². The molecule has 1 aromatic carbocycles. The Hall–Kier alpha value is -1.84. The van der Waals surface area contributed by atoms with Crippen LogP contribution in [-0.4, -0.2) is 29.9 Å². The highest BCUT2D eigenvalue weighted by Gasteiger charge is 2.32. The second-order valence-corrected chi connectivity index (χ2v) is 4.31. The molecular weight excluding hydrogens is 230 g/mol. The zero-order chi connectivity index (χ0) is 13.0. The van der Waals surface area contributed by atoms with E-state index in [1.54, 1.807) is 11.8 Å². The number of carbonyl (C=O) groups is 2. The Morgan fingerprint density at radius 2 is 2.11 bits per heavy atom. The van der Waals surface area contributed by atoms with Gasteiger partial charge in [-0.05, 0) is 12.5 Å². The molecule has 2 rings (SSSR count). The number of Topliss-reactive ketones (excluding diaryl/α,β-unsaturated/α-hetero) is 1. The number of nitrogens with zero attached hydrogens (tertiary/aromatic N) is 1. The van der Waals surface area contributed by atoms with Crippen molar-refractivity contribution in [3.63, 3.8) is 0 Å². The molecule has 4 heteroatoms. The predicted octanol–water partition coefficient (Wildman–Crippen LogP) is 2.55. The topological polar surface area (TPSA) is 46.6 Å². The molecule has 1 fully saturated rings. The van der Waals surface area contributed by atoms with Crippen molar-refractivity contribution < 1.29 is 14.3 Å². The summed E-state index contributed by atoms with van der Waals surface area (Å²) in [6.07, 6.45) is 0.462. The summed E-state index contributed by atoms with van der Waals surface area (Å²) in [6, 6.07) is 9.44. The fourth-order valence-electron chi connectivity index (χ4n) is 2.23. The van der Waals surface area contributed by atoms with Crippen molar-refractivity contribution >= 4 is 11.9 Å². The van der Waals surface area contributed by atoms with Gasteiger partial charge in [-0.2, -0.15) is 0 Å². The van der Waals surface area contributed by atoms with Gasteiger partial charge in [0.2, 0.25) is 0 Å². The van der Waals surface area contributed by atoms with Gasteiger partial charge in [0.15, 0.2) is 0 Å². The average Bonchev–Trinajstić information content (AvgIpc) is 2.40. The number of benzene rings is 1. The molecule has 4 nitrogen and oxygen atoms in total. The first kappa shape index (κ1) is 12.6. The van der Waals surface area contributed by atoms with Crippen LogP contribution in [0.3, 0.4) is 0 Å². The number of likely N-dealkylation sites (tertiary alicyclic amines) is 1. The molecule has 0 aromatic heterocycles. The summed E-state index contributed by atoms with van der Waals surface area (Å²) >= 11 is 0.